The van der Waals surface area contributed by atoms with Crippen LogP contribution in [-0.4, -0.2) is 19.2 Å². The Kier molecular flexibility index (Phi) is 4.29. The Hall–Kier alpha value is -3.93. The predicted octanol–water partition coefficient (Wildman–Crippen LogP) is 4.94. The Morgan fingerprint density at radius 1 is 0.931 bits per heavy atom. The first kappa shape index (κ1) is 17.2. The lowest BCUT2D eigenvalue weighted by Gasteiger charge is -2.08. The van der Waals surface area contributed by atoms with Crippen molar-refractivity contribution in [2.75, 3.05) is 5.32 Å². The summed E-state index contributed by atoms with van der Waals surface area (Å²) in [7, 11) is 0. The van der Waals surface area contributed by atoms with Crippen LogP contribution in [0.5, 0.6) is 0 Å². The number of rotatable bonds is 5. The van der Waals surface area contributed by atoms with Crippen LogP contribution in [-0.2, 0) is 6.54 Å². The summed E-state index contributed by atoms with van der Waals surface area (Å²) in [5.41, 5.74) is 4.35. The molecule has 5 nitrogen and oxygen atoms in total. The number of hydrogen-bond donors (Lipinski definition) is 1. The molecule has 3 aromatic heterocycles. The number of nitrogens with one attached hydrogen (secondary N) is 1. The van der Waals surface area contributed by atoms with Crippen LogP contribution in [0.4, 0.5) is 10.2 Å². The summed E-state index contributed by atoms with van der Waals surface area (Å²) in [5, 5.41) is 7.92. The zero-order valence-corrected chi connectivity index (χ0v) is 15.5. The Morgan fingerprint density at radius 3 is 2.66 bits per heavy atom. The molecule has 0 radical (unpaired) electrons. The molecule has 1 N–H and O–H groups in total. The molecule has 0 amide bonds. The van der Waals surface area contributed by atoms with Gasteiger partial charge in [-0.1, -0.05) is 42.5 Å². The highest BCUT2D eigenvalue weighted by atomic mass is 19.1. The van der Waals surface area contributed by atoms with Gasteiger partial charge in [-0.3, -0.25) is 4.40 Å². The quantitative estimate of drug-likeness (QED) is 0.468. The van der Waals surface area contributed by atoms with Gasteiger partial charge in [0.2, 0.25) is 0 Å². The largest absolute Gasteiger partial charge is 0.365 e. The number of halogens is 1. The summed E-state index contributed by atoms with van der Waals surface area (Å²) in [5.74, 6) is 0.598. The van der Waals surface area contributed by atoms with E-state index in [9.17, 15) is 4.39 Å². The van der Waals surface area contributed by atoms with Gasteiger partial charge in [-0.25, -0.2) is 14.1 Å². The second kappa shape index (κ2) is 7.24. The number of pyridine rings is 1. The zero-order chi connectivity index (χ0) is 19.6. The molecule has 0 fully saturated rings. The third-order valence-electron chi connectivity index (χ3n) is 4.76. The smallest absolute Gasteiger partial charge is 0.139 e. The maximum atomic E-state index is 13.6. The summed E-state index contributed by atoms with van der Waals surface area (Å²) in [6, 6.07) is 22.5. The minimum Gasteiger partial charge on any atom is -0.365 e. The number of nitrogens with zero attached hydrogens (tertiary/aromatic N) is 4. The zero-order valence-electron chi connectivity index (χ0n) is 15.5. The van der Waals surface area contributed by atoms with Crippen LogP contribution in [0.15, 0.2) is 91.4 Å². The Balaban J connectivity index is 1.54. The second-order valence-electron chi connectivity index (χ2n) is 6.73. The molecule has 0 aliphatic heterocycles. The molecule has 0 aliphatic rings. The molecule has 0 atom stereocenters. The lowest BCUT2D eigenvalue weighted by molar-refractivity contribution is 0.625. The fourth-order valence-corrected chi connectivity index (χ4v) is 3.35. The van der Waals surface area contributed by atoms with Crippen LogP contribution in [0.1, 0.15) is 5.56 Å². The lowest BCUT2D eigenvalue weighted by Crippen LogP contribution is -2.03. The molecule has 5 rings (SSSR count). The average Bonchev–Trinajstić information content (AvgIpc) is 3.38. The Labute approximate surface area is 167 Å². The number of aromatic nitrogens is 4. The summed E-state index contributed by atoms with van der Waals surface area (Å²) < 4.78 is 17.3. The van der Waals surface area contributed by atoms with Crippen molar-refractivity contribution in [3.05, 3.63) is 103 Å². The summed E-state index contributed by atoms with van der Waals surface area (Å²) in [6.07, 6.45) is 5.60. The molecule has 0 unspecified atom stereocenters. The van der Waals surface area contributed by atoms with E-state index in [0.717, 1.165) is 22.7 Å². The van der Waals surface area contributed by atoms with Crippen LogP contribution in [0.2, 0.25) is 0 Å². The van der Waals surface area contributed by atoms with Crippen molar-refractivity contribution in [1.29, 1.82) is 0 Å². The molecule has 0 saturated carbocycles. The highest BCUT2D eigenvalue weighted by Gasteiger charge is 2.16. The van der Waals surface area contributed by atoms with Crippen molar-refractivity contribution in [2.24, 2.45) is 0 Å². The third-order valence-corrected chi connectivity index (χ3v) is 4.76. The van der Waals surface area contributed by atoms with Gasteiger partial charge in [0, 0.05) is 24.5 Å². The van der Waals surface area contributed by atoms with E-state index < -0.39 is 0 Å². The molecule has 6 heteroatoms. The van der Waals surface area contributed by atoms with Crippen molar-refractivity contribution in [2.45, 2.75) is 6.54 Å². The fraction of sp³-hybridized carbons (Fsp3) is 0.0435. The molecule has 142 valence electrons. The highest BCUT2D eigenvalue weighted by molar-refractivity contribution is 5.76. The minimum absolute atomic E-state index is 0.294. The summed E-state index contributed by atoms with van der Waals surface area (Å²) in [6.45, 7) is 0.675. The lowest BCUT2D eigenvalue weighted by atomic mass is 10.2. The molecule has 2 aromatic carbocycles. The van der Waals surface area contributed by atoms with E-state index in [0.29, 0.717) is 12.2 Å². The van der Waals surface area contributed by atoms with E-state index in [-0.39, 0.29) is 5.82 Å². The van der Waals surface area contributed by atoms with E-state index in [1.54, 1.807) is 16.9 Å². The normalized spacial score (nSPS) is 11.1. The van der Waals surface area contributed by atoms with Gasteiger partial charge in [-0.05, 0) is 35.9 Å². The Morgan fingerprint density at radius 2 is 1.79 bits per heavy atom. The van der Waals surface area contributed by atoms with Crippen molar-refractivity contribution in [3.8, 4) is 16.9 Å². The first-order valence-electron chi connectivity index (χ1n) is 9.34. The van der Waals surface area contributed by atoms with Crippen molar-refractivity contribution < 1.29 is 4.39 Å². The van der Waals surface area contributed by atoms with Gasteiger partial charge >= 0.3 is 0 Å². The number of imidazole rings is 1. The maximum Gasteiger partial charge on any atom is 0.139 e. The van der Waals surface area contributed by atoms with Crippen LogP contribution < -0.4 is 5.32 Å². The van der Waals surface area contributed by atoms with Crippen LogP contribution >= 0.6 is 0 Å². The van der Waals surface area contributed by atoms with Gasteiger partial charge in [-0.2, -0.15) is 5.10 Å². The SMILES string of the molecule is Fc1cccc(-n2cc(-c3nc4ccccn4c3NCc3ccccc3)cn2)c1. The average molecular weight is 383 g/mol. The molecular formula is C23H18FN5. The van der Waals surface area contributed by atoms with Gasteiger partial charge < -0.3 is 5.32 Å². The van der Waals surface area contributed by atoms with Gasteiger partial charge in [0.05, 0.1) is 11.9 Å². The summed E-state index contributed by atoms with van der Waals surface area (Å²) >= 11 is 0. The van der Waals surface area contributed by atoms with Crippen molar-refractivity contribution in [1.82, 2.24) is 19.2 Å². The maximum absolute atomic E-state index is 13.6. The number of benzene rings is 2. The molecule has 0 aliphatic carbocycles. The predicted molar refractivity (Wildman–Crippen MR) is 111 cm³/mol. The van der Waals surface area contributed by atoms with Gasteiger partial charge in [-0.15, -0.1) is 0 Å². The van der Waals surface area contributed by atoms with Gasteiger partial charge in [0.15, 0.2) is 0 Å². The fourth-order valence-electron chi connectivity index (χ4n) is 3.35. The molecule has 29 heavy (non-hydrogen) atoms. The third kappa shape index (κ3) is 3.36. The number of hydrogen-bond acceptors (Lipinski definition) is 3. The number of fused-ring (bicyclic) bond motifs is 1. The molecule has 0 spiro atoms. The molecular weight excluding hydrogens is 365 g/mol. The van der Waals surface area contributed by atoms with E-state index in [1.165, 1.54) is 17.7 Å². The summed E-state index contributed by atoms with van der Waals surface area (Å²) in [4.78, 5) is 4.79. The molecule has 5 aromatic rings. The van der Waals surface area contributed by atoms with E-state index in [1.807, 2.05) is 59.3 Å². The van der Waals surface area contributed by atoms with Crippen molar-refractivity contribution in [3.63, 3.8) is 0 Å². The van der Waals surface area contributed by atoms with Gasteiger partial charge in [0.25, 0.3) is 0 Å². The topological polar surface area (TPSA) is 47.1 Å². The molecule has 0 bridgehead atoms. The highest BCUT2D eigenvalue weighted by Crippen LogP contribution is 2.29. The van der Waals surface area contributed by atoms with Crippen molar-refractivity contribution >= 4 is 11.5 Å². The minimum atomic E-state index is -0.294. The molecule has 0 saturated heterocycles. The first-order valence-corrected chi connectivity index (χ1v) is 9.34. The van der Waals surface area contributed by atoms with Crippen LogP contribution in [0.25, 0.3) is 22.6 Å². The monoisotopic (exact) mass is 383 g/mol. The Bertz CT molecular complexity index is 1270. The number of anilines is 1. The van der Waals surface area contributed by atoms with Crippen LogP contribution in [0.3, 0.4) is 0 Å². The second-order valence-corrected chi connectivity index (χ2v) is 6.73. The van der Waals surface area contributed by atoms with E-state index >= 15 is 0 Å². The van der Waals surface area contributed by atoms with Crippen LogP contribution in [0, 0.1) is 5.82 Å². The molecule has 3 heterocycles. The standard InChI is InChI=1S/C23H18FN5/c24-19-9-6-10-20(13-19)29-16-18(15-26-29)22-23(25-14-17-7-2-1-3-8-17)28-12-5-4-11-21(28)27-22/h1-13,15-16,25H,14H2. The first-order chi connectivity index (χ1) is 14.3. The van der Waals surface area contributed by atoms with E-state index in [2.05, 4.69) is 22.5 Å². The van der Waals surface area contributed by atoms with Gasteiger partial charge in [0.1, 0.15) is 23.0 Å². The van der Waals surface area contributed by atoms with E-state index in [4.69, 9.17) is 4.98 Å².